The van der Waals surface area contributed by atoms with Crippen LogP contribution in [0, 0.1) is 0 Å². The fourth-order valence-corrected chi connectivity index (χ4v) is 2.81. The molecule has 0 saturated carbocycles. The van der Waals surface area contributed by atoms with Gasteiger partial charge in [0.1, 0.15) is 16.0 Å². The summed E-state index contributed by atoms with van der Waals surface area (Å²) in [5.41, 5.74) is 0. The van der Waals surface area contributed by atoms with Crippen molar-refractivity contribution in [3.63, 3.8) is 0 Å². The quantitative estimate of drug-likeness (QED) is 0.791. The van der Waals surface area contributed by atoms with Gasteiger partial charge in [-0.25, -0.2) is 9.97 Å². The molecule has 78 valence electrons. The van der Waals surface area contributed by atoms with Crippen molar-refractivity contribution in [2.45, 2.75) is 22.7 Å². The van der Waals surface area contributed by atoms with E-state index < -0.39 is 0 Å². The van der Waals surface area contributed by atoms with Gasteiger partial charge in [-0.1, -0.05) is 24.6 Å². The Morgan fingerprint density at radius 3 is 2.93 bits per heavy atom. The molecule has 0 unspecified atom stereocenters. The fourth-order valence-electron chi connectivity index (χ4n) is 0.959. The van der Waals surface area contributed by atoms with Gasteiger partial charge in [-0.3, -0.25) is 0 Å². The lowest BCUT2D eigenvalue weighted by Gasteiger charge is -1.95. The zero-order valence-corrected chi connectivity index (χ0v) is 10.4. The first-order chi connectivity index (χ1) is 7.28. The molecule has 0 radical (unpaired) electrons. The van der Waals surface area contributed by atoms with Gasteiger partial charge in [0.25, 0.3) is 0 Å². The molecule has 0 saturated heterocycles. The van der Waals surface area contributed by atoms with Crippen molar-refractivity contribution >= 4 is 34.9 Å². The predicted octanol–water partition coefficient (Wildman–Crippen LogP) is 3.30. The molecule has 0 fully saturated rings. The number of rotatable bonds is 3. The molecule has 2 rings (SSSR count). The normalized spacial score (nSPS) is 10.5. The summed E-state index contributed by atoms with van der Waals surface area (Å²) in [7, 11) is 0. The molecule has 0 aliphatic carbocycles. The molecule has 6 heteroatoms. The monoisotopic (exact) mass is 257 g/mol. The fraction of sp³-hybridized carbons (Fsp3) is 0.222. The van der Waals surface area contributed by atoms with Crippen molar-refractivity contribution in [3.8, 4) is 0 Å². The number of halogens is 1. The number of pyridine rings is 1. The van der Waals surface area contributed by atoms with E-state index in [1.54, 1.807) is 6.07 Å². The molecule has 2 heterocycles. The van der Waals surface area contributed by atoms with Gasteiger partial charge in [0.05, 0.1) is 0 Å². The third kappa shape index (κ3) is 2.90. The van der Waals surface area contributed by atoms with E-state index in [1.165, 1.54) is 23.3 Å². The van der Waals surface area contributed by atoms with E-state index in [9.17, 15) is 0 Å². The van der Waals surface area contributed by atoms with Crippen LogP contribution >= 0.6 is 34.9 Å². The van der Waals surface area contributed by atoms with Gasteiger partial charge >= 0.3 is 0 Å². The average Bonchev–Trinajstić information content (AvgIpc) is 2.65. The molecule has 0 N–H and O–H groups in total. The highest BCUT2D eigenvalue weighted by Gasteiger charge is 2.05. The summed E-state index contributed by atoms with van der Waals surface area (Å²) in [6.45, 7) is 2.04. The molecule has 2 aromatic heterocycles. The predicted molar refractivity (Wildman–Crippen MR) is 62.7 cm³/mol. The number of hydrogen-bond donors (Lipinski definition) is 0. The van der Waals surface area contributed by atoms with Crippen molar-refractivity contribution in [3.05, 3.63) is 29.2 Å². The summed E-state index contributed by atoms with van der Waals surface area (Å²) >= 11 is 8.67. The van der Waals surface area contributed by atoms with Crippen LogP contribution < -0.4 is 0 Å². The third-order valence-electron chi connectivity index (χ3n) is 1.65. The van der Waals surface area contributed by atoms with E-state index >= 15 is 0 Å². The van der Waals surface area contributed by atoms with Crippen molar-refractivity contribution < 1.29 is 0 Å². The van der Waals surface area contributed by atoms with E-state index in [2.05, 4.69) is 14.3 Å². The van der Waals surface area contributed by atoms with E-state index in [0.29, 0.717) is 5.15 Å². The maximum atomic E-state index is 5.79. The molecule has 0 atom stereocenters. The molecule has 0 aliphatic rings. The summed E-state index contributed by atoms with van der Waals surface area (Å²) in [4.78, 5) is 8.51. The highest BCUT2D eigenvalue weighted by molar-refractivity contribution is 8.00. The Morgan fingerprint density at radius 2 is 2.27 bits per heavy atom. The van der Waals surface area contributed by atoms with Gasteiger partial charge < -0.3 is 0 Å². The molecular formula is C9H8ClN3S2. The minimum atomic E-state index is 0.500. The van der Waals surface area contributed by atoms with Crippen LogP contribution in [0.25, 0.3) is 0 Å². The van der Waals surface area contributed by atoms with E-state index in [0.717, 1.165) is 21.6 Å². The number of aromatic nitrogens is 3. The standard InChI is InChI=1S/C9H8ClN3S2/c1-2-7-12-9(15-13-7)14-8-5-3-4-6(10)11-8/h3-5H,2H2,1H3. The van der Waals surface area contributed by atoms with Gasteiger partial charge in [0, 0.05) is 6.42 Å². The first-order valence-corrected chi connectivity index (χ1v) is 6.37. The smallest absolute Gasteiger partial charge is 0.176 e. The summed E-state index contributed by atoms with van der Waals surface area (Å²) < 4.78 is 5.11. The van der Waals surface area contributed by atoms with Gasteiger partial charge in [0.15, 0.2) is 4.34 Å². The van der Waals surface area contributed by atoms with Crippen LogP contribution in [0.2, 0.25) is 5.15 Å². The Hall–Kier alpha value is -0.650. The molecule has 0 aromatic carbocycles. The Morgan fingerprint density at radius 1 is 1.40 bits per heavy atom. The van der Waals surface area contributed by atoms with Crippen LogP contribution in [0.15, 0.2) is 27.6 Å². The number of nitrogens with zero attached hydrogens (tertiary/aromatic N) is 3. The second kappa shape index (κ2) is 4.92. The Bertz CT molecular complexity index is 458. The lowest BCUT2D eigenvalue weighted by Crippen LogP contribution is -1.82. The largest absolute Gasteiger partial charge is 0.229 e. The minimum Gasteiger partial charge on any atom is -0.229 e. The van der Waals surface area contributed by atoms with Gasteiger partial charge in [-0.05, 0) is 35.4 Å². The first-order valence-electron chi connectivity index (χ1n) is 4.41. The van der Waals surface area contributed by atoms with E-state index in [1.807, 2.05) is 19.1 Å². The SMILES string of the molecule is CCc1nsc(Sc2cccc(Cl)n2)n1. The van der Waals surface area contributed by atoms with E-state index in [-0.39, 0.29) is 0 Å². The topological polar surface area (TPSA) is 38.7 Å². The van der Waals surface area contributed by atoms with Crippen LogP contribution in [-0.4, -0.2) is 14.3 Å². The average molecular weight is 258 g/mol. The first kappa shape index (κ1) is 10.9. The second-order valence-corrected chi connectivity index (χ2v) is 5.14. The summed E-state index contributed by atoms with van der Waals surface area (Å²) in [6, 6.07) is 5.53. The Kier molecular flexibility index (Phi) is 3.56. The van der Waals surface area contributed by atoms with Gasteiger partial charge in [-0.15, -0.1) is 0 Å². The molecule has 0 aliphatic heterocycles. The molecule has 0 spiro atoms. The van der Waals surface area contributed by atoms with Crippen molar-refractivity contribution in [1.82, 2.24) is 14.3 Å². The zero-order valence-electron chi connectivity index (χ0n) is 7.98. The van der Waals surface area contributed by atoms with Crippen molar-refractivity contribution in [2.24, 2.45) is 0 Å². The molecular weight excluding hydrogens is 250 g/mol. The Balaban J connectivity index is 2.14. The van der Waals surface area contributed by atoms with Crippen LogP contribution in [0.3, 0.4) is 0 Å². The Labute approximate surface area is 101 Å². The molecule has 0 bridgehead atoms. The van der Waals surface area contributed by atoms with Crippen molar-refractivity contribution in [1.29, 1.82) is 0 Å². The van der Waals surface area contributed by atoms with E-state index in [4.69, 9.17) is 11.6 Å². The molecule has 15 heavy (non-hydrogen) atoms. The zero-order chi connectivity index (χ0) is 10.7. The van der Waals surface area contributed by atoms with Crippen LogP contribution in [0.5, 0.6) is 0 Å². The van der Waals surface area contributed by atoms with Crippen LogP contribution in [0.4, 0.5) is 0 Å². The highest BCUT2D eigenvalue weighted by atomic mass is 35.5. The summed E-state index contributed by atoms with van der Waals surface area (Å²) in [6.07, 6.45) is 0.861. The number of hydrogen-bond acceptors (Lipinski definition) is 5. The maximum Gasteiger partial charge on any atom is 0.176 e. The highest BCUT2D eigenvalue weighted by Crippen LogP contribution is 2.28. The van der Waals surface area contributed by atoms with Gasteiger partial charge in [0.2, 0.25) is 0 Å². The summed E-state index contributed by atoms with van der Waals surface area (Å²) in [5, 5.41) is 1.35. The van der Waals surface area contributed by atoms with Gasteiger partial charge in [-0.2, -0.15) is 4.37 Å². The van der Waals surface area contributed by atoms with Crippen LogP contribution in [0.1, 0.15) is 12.7 Å². The molecule has 0 amide bonds. The molecule has 3 nitrogen and oxygen atoms in total. The lowest BCUT2D eigenvalue weighted by molar-refractivity contribution is 0.970. The second-order valence-electron chi connectivity index (χ2n) is 2.73. The minimum absolute atomic E-state index is 0.500. The summed E-state index contributed by atoms with van der Waals surface area (Å²) in [5.74, 6) is 0.879. The van der Waals surface area contributed by atoms with Crippen LogP contribution in [-0.2, 0) is 6.42 Å². The maximum absolute atomic E-state index is 5.79. The lowest BCUT2D eigenvalue weighted by atomic mass is 10.5. The third-order valence-corrected chi connectivity index (χ3v) is 3.58. The molecule has 2 aromatic rings. The number of aryl methyl sites for hydroxylation is 1. The van der Waals surface area contributed by atoms with Crippen molar-refractivity contribution in [2.75, 3.05) is 0 Å².